The summed E-state index contributed by atoms with van der Waals surface area (Å²) in [5.41, 5.74) is 2.90. The number of ether oxygens (including phenoxy) is 1. The summed E-state index contributed by atoms with van der Waals surface area (Å²) in [5, 5.41) is 3.41. The third kappa shape index (κ3) is 2.71. The van der Waals surface area contributed by atoms with Crippen molar-refractivity contribution in [3.05, 3.63) is 23.8 Å². The van der Waals surface area contributed by atoms with Crippen LogP contribution in [0.5, 0.6) is 5.75 Å². The maximum Gasteiger partial charge on any atom is 0.124 e. The molecule has 2 aliphatic rings. The van der Waals surface area contributed by atoms with E-state index in [4.69, 9.17) is 4.74 Å². The lowest BCUT2D eigenvalue weighted by molar-refractivity contribution is 0.0698. The molecule has 1 aromatic carbocycles. The van der Waals surface area contributed by atoms with Crippen molar-refractivity contribution < 1.29 is 4.74 Å². The molecule has 3 heteroatoms. The standard InChI is InChI=1S/C16H24N2O/c1-16(8-4-10-18(2)11-16)12-19-15-6-3-5-14-13(15)7-9-17-14/h3,5-6,17H,4,7-12H2,1-2H3. The van der Waals surface area contributed by atoms with Crippen molar-refractivity contribution in [1.29, 1.82) is 0 Å². The summed E-state index contributed by atoms with van der Waals surface area (Å²) >= 11 is 0. The Balaban J connectivity index is 1.68. The Kier molecular flexibility index (Phi) is 3.40. The first kappa shape index (κ1) is 12.8. The minimum absolute atomic E-state index is 0.293. The van der Waals surface area contributed by atoms with Gasteiger partial charge in [-0.25, -0.2) is 0 Å². The van der Waals surface area contributed by atoms with E-state index in [9.17, 15) is 0 Å². The smallest absolute Gasteiger partial charge is 0.124 e. The van der Waals surface area contributed by atoms with Crippen molar-refractivity contribution in [1.82, 2.24) is 4.90 Å². The monoisotopic (exact) mass is 260 g/mol. The van der Waals surface area contributed by atoms with Crippen LogP contribution in [0.4, 0.5) is 5.69 Å². The molecule has 0 saturated carbocycles. The number of benzene rings is 1. The second kappa shape index (κ2) is 5.04. The molecule has 1 N–H and O–H groups in total. The molecule has 0 amide bonds. The Bertz CT molecular complexity index is 460. The molecule has 1 atom stereocenters. The molecule has 1 fully saturated rings. The zero-order valence-electron chi connectivity index (χ0n) is 12.0. The van der Waals surface area contributed by atoms with E-state index in [0.717, 1.165) is 31.9 Å². The third-order valence-corrected chi connectivity index (χ3v) is 4.37. The average molecular weight is 260 g/mol. The van der Waals surface area contributed by atoms with E-state index < -0.39 is 0 Å². The number of piperidine rings is 1. The van der Waals surface area contributed by atoms with Crippen molar-refractivity contribution in [2.75, 3.05) is 38.6 Å². The lowest BCUT2D eigenvalue weighted by atomic mass is 9.83. The molecule has 19 heavy (non-hydrogen) atoms. The molecule has 1 saturated heterocycles. The van der Waals surface area contributed by atoms with Gasteiger partial charge in [0.2, 0.25) is 0 Å². The molecule has 0 bridgehead atoms. The molecule has 1 aromatic rings. The molecule has 0 spiro atoms. The second-order valence-corrected chi connectivity index (χ2v) is 6.40. The van der Waals surface area contributed by atoms with Crippen molar-refractivity contribution in [2.24, 2.45) is 5.41 Å². The predicted molar refractivity (Wildman–Crippen MR) is 79.0 cm³/mol. The van der Waals surface area contributed by atoms with Crippen LogP contribution in [0.25, 0.3) is 0 Å². The van der Waals surface area contributed by atoms with Gasteiger partial charge in [-0.3, -0.25) is 0 Å². The summed E-state index contributed by atoms with van der Waals surface area (Å²) in [6, 6.07) is 6.34. The van der Waals surface area contributed by atoms with Crippen LogP contribution in [0, 0.1) is 5.41 Å². The summed E-state index contributed by atoms with van der Waals surface area (Å²) < 4.78 is 6.17. The van der Waals surface area contributed by atoms with Gasteiger partial charge in [0.25, 0.3) is 0 Å². The van der Waals surface area contributed by atoms with Gasteiger partial charge in [0.15, 0.2) is 0 Å². The maximum atomic E-state index is 6.17. The van der Waals surface area contributed by atoms with Crippen molar-refractivity contribution in [3.63, 3.8) is 0 Å². The normalized spacial score (nSPS) is 26.8. The van der Waals surface area contributed by atoms with Gasteiger partial charge >= 0.3 is 0 Å². The highest BCUT2D eigenvalue weighted by Crippen LogP contribution is 2.34. The fraction of sp³-hybridized carbons (Fsp3) is 0.625. The van der Waals surface area contributed by atoms with E-state index in [2.05, 4.69) is 42.4 Å². The van der Waals surface area contributed by atoms with Crippen molar-refractivity contribution in [2.45, 2.75) is 26.2 Å². The number of anilines is 1. The van der Waals surface area contributed by atoms with Crippen LogP contribution in [-0.4, -0.2) is 38.2 Å². The molecule has 104 valence electrons. The van der Waals surface area contributed by atoms with Crippen molar-refractivity contribution >= 4 is 5.69 Å². The number of rotatable bonds is 3. The van der Waals surface area contributed by atoms with Gasteiger partial charge < -0.3 is 15.0 Å². The van der Waals surface area contributed by atoms with E-state index in [1.165, 1.54) is 30.6 Å². The Morgan fingerprint density at radius 1 is 1.42 bits per heavy atom. The number of likely N-dealkylation sites (tertiary alicyclic amines) is 1. The number of fused-ring (bicyclic) bond motifs is 1. The van der Waals surface area contributed by atoms with Gasteiger partial charge in [-0.05, 0) is 45.0 Å². The van der Waals surface area contributed by atoms with E-state index in [-0.39, 0.29) is 0 Å². The molecule has 0 aromatic heterocycles. The highest BCUT2D eigenvalue weighted by Gasteiger charge is 2.30. The van der Waals surface area contributed by atoms with Crippen LogP contribution in [0.2, 0.25) is 0 Å². The highest BCUT2D eigenvalue weighted by molar-refractivity contribution is 5.61. The van der Waals surface area contributed by atoms with Crippen LogP contribution in [0.1, 0.15) is 25.3 Å². The van der Waals surface area contributed by atoms with Gasteiger partial charge in [0, 0.05) is 29.8 Å². The molecule has 1 unspecified atom stereocenters. The first-order valence-electron chi connectivity index (χ1n) is 7.33. The molecule has 3 nitrogen and oxygen atoms in total. The predicted octanol–water partition coefficient (Wildman–Crippen LogP) is 2.77. The third-order valence-electron chi connectivity index (χ3n) is 4.37. The fourth-order valence-electron chi connectivity index (χ4n) is 3.40. The molecule has 0 aliphatic carbocycles. The Labute approximate surface area is 115 Å². The van der Waals surface area contributed by atoms with Gasteiger partial charge in [0.1, 0.15) is 5.75 Å². The minimum atomic E-state index is 0.293. The lowest BCUT2D eigenvalue weighted by Gasteiger charge is -2.38. The number of hydrogen-bond acceptors (Lipinski definition) is 3. The summed E-state index contributed by atoms with van der Waals surface area (Å²) in [4.78, 5) is 2.42. The lowest BCUT2D eigenvalue weighted by Crippen LogP contribution is -2.42. The second-order valence-electron chi connectivity index (χ2n) is 6.40. The van der Waals surface area contributed by atoms with E-state index in [1.807, 2.05) is 0 Å². The van der Waals surface area contributed by atoms with Gasteiger partial charge in [-0.15, -0.1) is 0 Å². The summed E-state index contributed by atoms with van der Waals surface area (Å²) in [6.07, 6.45) is 3.64. The zero-order valence-corrected chi connectivity index (χ0v) is 12.0. The molecular formula is C16H24N2O. The number of nitrogens with zero attached hydrogens (tertiary/aromatic N) is 1. The van der Waals surface area contributed by atoms with Gasteiger partial charge in [-0.2, -0.15) is 0 Å². The Morgan fingerprint density at radius 2 is 2.32 bits per heavy atom. The first-order valence-corrected chi connectivity index (χ1v) is 7.33. The number of hydrogen-bond donors (Lipinski definition) is 1. The van der Waals surface area contributed by atoms with Crippen LogP contribution >= 0.6 is 0 Å². The number of nitrogens with one attached hydrogen (secondary N) is 1. The zero-order chi connectivity index (χ0) is 13.3. The Morgan fingerprint density at radius 3 is 3.16 bits per heavy atom. The van der Waals surface area contributed by atoms with Crippen LogP contribution in [0.3, 0.4) is 0 Å². The molecular weight excluding hydrogens is 236 g/mol. The molecule has 2 aliphatic heterocycles. The van der Waals surface area contributed by atoms with Crippen LogP contribution in [-0.2, 0) is 6.42 Å². The van der Waals surface area contributed by atoms with E-state index in [1.54, 1.807) is 0 Å². The summed E-state index contributed by atoms with van der Waals surface area (Å²) in [6.45, 7) is 6.58. The van der Waals surface area contributed by atoms with Gasteiger partial charge in [-0.1, -0.05) is 13.0 Å². The topological polar surface area (TPSA) is 24.5 Å². The fourth-order valence-corrected chi connectivity index (χ4v) is 3.40. The minimum Gasteiger partial charge on any atom is -0.493 e. The van der Waals surface area contributed by atoms with Crippen LogP contribution in [0.15, 0.2) is 18.2 Å². The maximum absolute atomic E-state index is 6.17. The average Bonchev–Trinajstić information content (AvgIpc) is 2.85. The molecule has 2 heterocycles. The van der Waals surface area contributed by atoms with E-state index >= 15 is 0 Å². The quantitative estimate of drug-likeness (QED) is 0.904. The Hall–Kier alpha value is -1.22. The van der Waals surface area contributed by atoms with Crippen molar-refractivity contribution in [3.8, 4) is 5.75 Å². The summed E-state index contributed by atoms with van der Waals surface area (Å²) in [5.74, 6) is 1.08. The molecule has 3 rings (SSSR count). The van der Waals surface area contributed by atoms with Crippen LogP contribution < -0.4 is 10.1 Å². The van der Waals surface area contributed by atoms with E-state index in [0.29, 0.717) is 5.41 Å². The van der Waals surface area contributed by atoms with Gasteiger partial charge in [0.05, 0.1) is 6.61 Å². The first-order chi connectivity index (χ1) is 9.16. The molecule has 0 radical (unpaired) electrons. The largest absolute Gasteiger partial charge is 0.493 e. The summed E-state index contributed by atoms with van der Waals surface area (Å²) in [7, 11) is 2.21. The highest BCUT2D eigenvalue weighted by atomic mass is 16.5. The SMILES string of the molecule is CN1CCCC(C)(COc2cccc3c2CCN3)C1.